The molecule has 304 valence electrons. The fourth-order valence-corrected chi connectivity index (χ4v) is 8.53. The van der Waals surface area contributed by atoms with Gasteiger partial charge in [-0.1, -0.05) is 27.7 Å². The van der Waals surface area contributed by atoms with Crippen molar-refractivity contribution in [3.63, 3.8) is 0 Å². The molecule has 0 radical (unpaired) electrons. The molecule has 52 heavy (non-hydrogen) atoms. The summed E-state index contributed by atoms with van der Waals surface area (Å²) in [4.78, 5) is 30.0. The number of carbonyl (C=O) groups excluding carboxylic acids is 2. The first kappa shape index (κ1) is 45.1. The summed E-state index contributed by atoms with van der Waals surface area (Å²) in [6, 6.07) is -0.286. The van der Waals surface area contributed by atoms with Crippen molar-refractivity contribution in [2.45, 2.75) is 185 Å². The van der Waals surface area contributed by atoms with Gasteiger partial charge in [0.1, 0.15) is 29.7 Å². The molecule has 3 aliphatic rings. The predicted molar refractivity (Wildman–Crippen MR) is 191 cm³/mol. The van der Waals surface area contributed by atoms with Gasteiger partial charge < -0.3 is 58.5 Å². The van der Waals surface area contributed by atoms with Crippen molar-refractivity contribution in [2.24, 2.45) is 17.8 Å². The molecule has 0 aromatic carbocycles. The van der Waals surface area contributed by atoms with Gasteiger partial charge in [0.05, 0.1) is 47.6 Å². The van der Waals surface area contributed by atoms with Crippen molar-refractivity contribution in [3.05, 3.63) is 0 Å². The van der Waals surface area contributed by atoms with Gasteiger partial charge in [0, 0.05) is 44.4 Å². The van der Waals surface area contributed by atoms with Crippen LogP contribution in [0.25, 0.3) is 0 Å². The summed E-state index contributed by atoms with van der Waals surface area (Å²) in [5.41, 5.74) is -5.72. The van der Waals surface area contributed by atoms with Gasteiger partial charge in [-0.25, -0.2) is 0 Å². The number of rotatable bonds is 8. The van der Waals surface area contributed by atoms with E-state index in [-0.39, 0.29) is 43.6 Å². The molecule has 0 bridgehead atoms. The molecule has 17 atom stereocenters. The van der Waals surface area contributed by atoms with Gasteiger partial charge in [0.15, 0.2) is 12.6 Å². The van der Waals surface area contributed by atoms with Crippen LogP contribution >= 0.6 is 0 Å². The minimum absolute atomic E-state index is 0.106. The number of aliphatic hydroxyl groups is 4. The van der Waals surface area contributed by atoms with Crippen LogP contribution < -0.4 is 0 Å². The van der Waals surface area contributed by atoms with E-state index >= 15 is 0 Å². The lowest BCUT2D eigenvalue weighted by Gasteiger charge is -2.52. The van der Waals surface area contributed by atoms with E-state index in [1.807, 2.05) is 32.8 Å². The lowest BCUT2D eigenvalue weighted by atomic mass is 9.72. The molecule has 0 aromatic heterocycles. The van der Waals surface area contributed by atoms with Crippen molar-refractivity contribution >= 4 is 11.8 Å². The monoisotopic (exact) mass is 747 g/mol. The molecule has 3 rings (SSSR count). The van der Waals surface area contributed by atoms with E-state index in [0.29, 0.717) is 6.42 Å². The molecular formula is C38H69NO13. The average Bonchev–Trinajstić information content (AvgIpc) is 3.07. The van der Waals surface area contributed by atoms with Crippen molar-refractivity contribution < 1.29 is 63.2 Å². The number of ether oxygens (including phenoxy) is 7. The van der Waals surface area contributed by atoms with Crippen LogP contribution in [0.4, 0.5) is 0 Å². The van der Waals surface area contributed by atoms with Crippen molar-refractivity contribution in [2.75, 3.05) is 28.3 Å². The molecule has 0 saturated carbocycles. The number of esters is 1. The highest BCUT2D eigenvalue weighted by Gasteiger charge is 2.55. The molecule has 0 aliphatic carbocycles. The second-order valence-corrected chi connectivity index (χ2v) is 16.8. The van der Waals surface area contributed by atoms with Crippen LogP contribution in [0.3, 0.4) is 0 Å². The molecule has 14 nitrogen and oxygen atoms in total. The molecule has 4 N–H and O–H groups in total. The Balaban J connectivity index is 2.23. The van der Waals surface area contributed by atoms with E-state index in [0.717, 1.165) is 0 Å². The molecule has 0 unspecified atom stereocenters. The number of hydrogen-bond donors (Lipinski definition) is 4. The highest BCUT2D eigenvalue weighted by molar-refractivity contribution is 5.83. The summed E-state index contributed by atoms with van der Waals surface area (Å²) in [6.07, 6.45) is -8.14. The zero-order valence-electron chi connectivity index (χ0n) is 34.0. The molecular weight excluding hydrogens is 678 g/mol. The van der Waals surface area contributed by atoms with Gasteiger partial charge in [-0.05, 0) is 74.9 Å². The number of methoxy groups -OCH3 is 2. The Labute approximate surface area is 310 Å². The van der Waals surface area contributed by atoms with E-state index < -0.39 is 95.3 Å². The number of ketones is 1. The van der Waals surface area contributed by atoms with E-state index in [4.69, 9.17) is 33.2 Å². The summed E-state index contributed by atoms with van der Waals surface area (Å²) >= 11 is 0. The Bertz CT molecular complexity index is 1200. The first-order chi connectivity index (χ1) is 23.9. The molecule has 0 amide bonds. The standard InChI is InChI=1S/C38H69NO13/c1-15-26-38(10,45)31(43)22(4)29(41)20(2)17-37(9,47-14)33(51-34-30(42)25(39(11)12)16-21(3)48-34)23(5)35(7,18-27(40)50-26)52-28-19-36(8,46-13)32(44)24(6)49-28/h20-26,28,30-34,42-45H,15-19H2,1-14H3/t20-,21+,22-,23+,24-,25-,26-,28+,30-,31-,32+,33-,34-,35-,36-,37+,38-/m0/s1. The smallest absolute Gasteiger partial charge is 0.309 e. The maximum Gasteiger partial charge on any atom is 0.309 e. The largest absolute Gasteiger partial charge is 0.459 e. The van der Waals surface area contributed by atoms with E-state index in [1.54, 1.807) is 48.5 Å². The van der Waals surface area contributed by atoms with Crippen LogP contribution in [-0.2, 0) is 42.7 Å². The van der Waals surface area contributed by atoms with Gasteiger partial charge >= 0.3 is 5.97 Å². The summed E-state index contributed by atoms with van der Waals surface area (Å²) in [5.74, 6) is -3.52. The van der Waals surface area contributed by atoms with Gasteiger partial charge in [-0.3, -0.25) is 9.59 Å². The molecule has 3 heterocycles. The highest BCUT2D eigenvalue weighted by atomic mass is 16.7. The van der Waals surface area contributed by atoms with Gasteiger partial charge in [0.25, 0.3) is 0 Å². The van der Waals surface area contributed by atoms with Gasteiger partial charge in [-0.15, -0.1) is 0 Å². The Morgan fingerprint density at radius 1 is 0.865 bits per heavy atom. The minimum atomic E-state index is -1.96. The van der Waals surface area contributed by atoms with Crippen molar-refractivity contribution in [3.8, 4) is 0 Å². The van der Waals surface area contributed by atoms with Crippen LogP contribution in [0.1, 0.15) is 101 Å². The molecule has 3 saturated heterocycles. The first-order valence-corrected chi connectivity index (χ1v) is 18.8. The van der Waals surface area contributed by atoms with Crippen LogP contribution in [0, 0.1) is 17.8 Å². The second-order valence-electron chi connectivity index (χ2n) is 16.8. The highest BCUT2D eigenvalue weighted by Crippen LogP contribution is 2.44. The van der Waals surface area contributed by atoms with E-state index in [2.05, 4.69) is 0 Å². The first-order valence-electron chi connectivity index (χ1n) is 18.8. The number of aliphatic hydroxyl groups excluding tert-OH is 3. The van der Waals surface area contributed by atoms with Crippen LogP contribution in [0.15, 0.2) is 0 Å². The second kappa shape index (κ2) is 17.2. The normalized spacial score (nSPS) is 49.0. The summed E-state index contributed by atoms with van der Waals surface area (Å²) in [5, 5.41) is 45.5. The number of nitrogens with zero attached hydrogens (tertiary/aromatic N) is 1. The Hall–Kier alpha value is -1.30. The molecule has 0 aromatic rings. The number of carbonyl (C=O) groups is 2. The van der Waals surface area contributed by atoms with Crippen LogP contribution in [-0.4, -0.2) is 149 Å². The zero-order valence-corrected chi connectivity index (χ0v) is 34.0. The van der Waals surface area contributed by atoms with Gasteiger partial charge in [0.2, 0.25) is 0 Å². The van der Waals surface area contributed by atoms with Crippen molar-refractivity contribution in [1.29, 1.82) is 0 Å². The van der Waals surface area contributed by atoms with Crippen molar-refractivity contribution in [1.82, 2.24) is 4.90 Å². The Kier molecular flexibility index (Phi) is 14.9. The summed E-state index contributed by atoms with van der Waals surface area (Å²) in [7, 11) is 6.76. The maximum atomic E-state index is 14.0. The lowest BCUT2D eigenvalue weighted by Crippen LogP contribution is -2.62. The maximum absolute atomic E-state index is 14.0. The number of hydrogen-bond acceptors (Lipinski definition) is 14. The minimum Gasteiger partial charge on any atom is -0.459 e. The summed E-state index contributed by atoms with van der Waals surface area (Å²) in [6.45, 7) is 17.1. The number of cyclic esters (lactones) is 1. The molecule has 3 fully saturated rings. The lowest BCUT2D eigenvalue weighted by molar-refractivity contribution is -0.331. The average molecular weight is 748 g/mol. The SMILES string of the molecule is CC[C@@H]1OC(=O)C[C@](C)(O[C@@H]2C[C@](C)(OC)[C@H](O)[C@H](C)O2)[C@H](C)[C@H](O[C@@H]2O[C@H](C)C[C@H](N(C)C)[C@@H]2O)[C@](C)(OC)C[C@H](C)C(=O)[C@H](C)[C@H](O)[C@@]1(C)O. The fourth-order valence-electron chi connectivity index (χ4n) is 8.53. The Morgan fingerprint density at radius 3 is 2.00 bits per heavy atom. The predicted octanol–water partition coefficient (Wildman–Crippen LogP) is 2.58. The third-order valence-corrected chi connectivity index (χ3v) is 12.4. The van der Waals surface area contributed by atoms with E-state index in [9.17, 15) is 30.0 Å². The summed E-state index contributed by atoms with van der Waals surface area (Å²) < 4.78 is 44.0. The van der Waals surface area contributed by atoms with Gasteiger partial charge in [-0.2, -0.15) is 0 Å². The number of likely N-dealkylation sites (N-methyl/N-ethyl adjacent to an activating group) is 1. The fraction of sp³-hybridized carbons (Fsp3) is 0.947. The molecule has 3 aliphatic heterocycles. The molecule has 0 spiro atoms. The van der Waals surface area contributed by atoms with E-state index in [1.165, 1.54) is 21.1 Å². The Morgan fingerprint density at radius 2 is 1.46 bits per heavy atom. The molecule has 14 heteroatoms. The quantitative estimate of drug-likeness (QED) is 0.266. The number of Topliss-reactive ketones (excluding diaryl/α,β-unsaturated/α-hetero) is 1. The third kappa shape index (κ3) is 9.38. The topological polar surface area (TPSA) is 183 Å². The zero-order chi connectivity index (χ0) is 39.7. The third-order valence-electron chi connectivity index (χ3n) is 12.4. The van der Waals surface area contributed by atoms with Crippen LogP contribution in [0.2, 0.25) is 0 Å². The van der Waals surface area contributed by atoms with Crippen LogP contribution in [0.5, 0.6) is 0 Å².